The molecule has 1 aromatic rings. The standard InChI is InChI=1S/C13H19NO3/c1-8-7-11(10(3)17-8)13(15)14-9(2)12-5-4-6-16-12/h7,9,12H,4-6H2,1-3H3,(H,14,15)/t9-,12+/m1/s1. The van der Waals surface area contributed by atoms with Crippen LogP contribution in [0.2, 0.25) is 0 Å². The van der Waals surface area contributed by atoms with Crippen molar-refractivity contribution in [2.24, 2.45) is 0 Å². The van der Waals surface area contributed by atoms with E-state index in [2.05, 4.69) is 5.32 Å². The number of carbonyl (C=O) groups excluding carboxylic acids is 1. The lowest BCUT2D eigenvalue weighted by atomic mass is 10.1. The molecule has 1 N–H and O–H groups in total. The number of amides is 1. The maximum atomic E-state index is 12.0. The van der Waals surface area contributed by atoms with Crippen molar-refractivity contribution in [1.29, 1.82) is 0 Å². The highest BCUT2D eigenvalue weighted by Gasteiger charge is 2.25. The van der Waals surface area contributed by atoms with E-state index in [1.807, 2.05) is 13.8 Å². The molecule has 0 bridgehead atoms. The number of carbonyl (C=O) groups is 1. The molecule has 0 radical (unpaired) electrons. The second-order valence-electron chi connectivity index (χ2n) is 4.64. The first kappa shape index (κ1) is 12.2. The number of rotatable bonds is 3. The van der Waals surface area contributed by atoms with E-state index in [-0.39, 0.29) is 18.1 Å². The number of aryl methyl sites for hydroxylation is 2. The van der Waals surface area contributed by atoms with Crippen LogP contribution in [-0.2, 0) is 4.74 Å². The average molecular weight is 237 g/mol. The molecule has 1 amide bonds. The lowest BCUT2D eigenvalue weighted by Crippen LogP contribution is -2.40. The molecule has 4 nitrogen and oxygen atoms in total. The summed E-state index contributed by atoms with van der Waals surface area (Å²) in [7, 11) is 0. The Morgan fingerprint density at radius 3 is 2.82 bits per heavy atom. The van der Waals surface area contributed by atoms with Crippen molar-refractivity contribution in [1.82, 2.24) is 5.32 Å². The highest BCUT2D eigenvalue weighted by molar-refractivity contribution is 5.95. The Morgan fingerprint density at radius 1 is 1.53 bits per heavy atom. The van der Waals surface area contributed by atoms with Crippen molar-refractivity contribution in [3.05, 3.63) is 23.2 Å². The van der Waals surface area contributed by atoms with Crippen LogP contribution in [0.3, 0.4) is 0 Å². The van der Waals surface area contributed by atoms with Gasteiger partial charge in [-0.2, -0.15) is 0 Å². The lowest BCUT2D eigenvalue weighted by Gasteiger charge is -2.19. The van der Waals surface area contributed by atoms with Gasteiger partial charge in [-0.1, -0.05) is 0 Å². The first-order valence-electron chi connectivity index (χ1n) is 6.07. The summed E-state index contributed by atoms with van der Waals surface area (Å²) in [6.45, 7) is 6.43. The molecule has 0 aliphatic carbocycles. The zero-order valence-corrected chi connectivity index (χ0v) is 10.6. The second-order valence-corrected chi connectivity index (χ2v) is 4.64. The SMILES string of the molecule is Cc1cc(C(=O)N[C@H](C)[C@@H]2CCCO2)c(C)o1. The third-order valence-electron chi connectivity index (χ3n) is 3.17. The monoisotopic (exact) mass is 237 g/mol. The normalized spacial score (nSPS) is 21.5. The fourth-order valence-corrected chi connectivity index (χ4v) is 2.23. The fraction of sp³-hybridized carbons (Fsp3) is 0.615. The van der Waals surface area contributed by atoms with Gasteiger partial charge in [-0.05, 0) is 39.7 Å². The minimum atomic E-state index is -0.0812. The van der Waals surface area contributed by atoms with Crippen LogP contribution < -0.4 is 5.32 Å². The summed E-state index contributed by atoms with van der Waals surface area (Å²) in [4.78, 5) is 12.0. The van der Waals surface area contributed by atoms with E-state index in [9.17, 15) is 4.79 Å². The molecule has 0 spiro atoms. The number of ether oxygens (including phenoxy) is 1. The molecule has 1 aliphatic rings. The van der Waals surface area contributed by atoms with E-state index >= 15 is 0 Å². The summed E-state index contributed by atoms with van der Waals surface area (Å²) in [5.41, 5.74) is 0.618. The smallest absolute Gasteiger partial charge is 0.255 e. The van der Waals surface area contributed by atoms with Crippen LogP contribution in [0.15, 0.2) is 10.5 Å². The van der Waals surface area contributed by atoms with Gasteiger partial charge in [0.25, 0.3) is 5.91 Å². The van der Waals surface area contributed by atoms with E-state index < -0.39 is 0 Å². The van der Waals surface area contributed by atoms with Crippen molar-refractivity contribution < 1.29 is 13.9 Å². The van der Waals surface area contributed by atoms with Crippen LogP contribution in [0.5, 0.6) is 0 Å². The van der Waals surface area contributed by atoms with Gasteiger partial charge >= 0.3 is 0 Å². The Bertz CT molecular complexity index is 405. The summed E-state index contributed by atoms with van der Waals surface area (Å²) in [5.74, 6) is 1.35. The molecule has 17 heavy (non-hydrogen) atoms. The predicted molar refractivity (Wildman–Crippen MR) is 64.1 cm³/mol. The second kappa shape index (κ2) is 4.92. The Morgan fingerprint density at radius 2 is 2.29 bits per heavy atom. The van der Waals surface area contributed by atoms with E-state index in [1.165, 1.54) is 0 Å². The molecule has 2 heterocycles. The summed E-state index contributed by atoms with van der Waals surface area (Å²) < 4.78 is 10.9. The van der Waals surface area contributed by atoms with Crippen molar-refractivity contribution in [3.8, 4) is 0 Å². The van der Waals surface area contributed by atoms with E-state index in [1.54, 1.807) is 13.0 Å². The van der Waals surface area contributed by atoms with Crippen molar-refractivity contribution >= 4 is 5.91 Å². The molecule has 2 atom stereocenters. The summed E-state index contributed by atoms with van der Waals surface area (Å²) in [5, 5.41) is 2.97. The van der Waals surface area contributed by atoms with Gasteiger partial charge in [-0.25, -0.2) is 0 Å². The molecule has 4 heteroatoms. The molecule has 0 aromatic carbocycles. The molecule has 0 unspecified atom stereocenters. The number of hydrogen-bond donors (Lipinski definition) is 1. The maximum absolute atomic E-state index is 12.0. The summed E-state index contributed by atoms with van der Waals surface area (Å²) >= 11 is 0. The Kier molecular flexibility index (Phi) is 3.52. The minimum absolute atomic E-state index is 0.0413. The summed E-state index contributed by atoms with van der Waals surface area (Å²) in [6, 6.07) is 1.81. The van der Waals surface area contributed by atoms with Crippen molar-refractivity contribution in [2.45, 2.75) is 45.8 Å². The van der Waals surface area contributed by atoms with Gasteiger partial charge < -0.3 is 14.5 Å². The largest absolute Gasteiger partial charge is 0.466 e. The van der Waals surface area contributed by atoms with Crippen LogP contribution in [0.1, 0.15) is 41.6 Å². The molecule has 1 aromatic heterocycles. The van der Waals surface area contributed by atoms with Gasteiger partial charge in [-0.15, -0.1) is 0 Å². The van der Waals surface area contributed by atoms with Crippen LogP contribution >= 0.6 is 0 Å². The zero-order valence-electron chi connectivity index (χ0n) is 10.6. The van der Waals surface area contributed by atoms with E-state index in [0.717, 1.165) is 25.2 Å². The van der Waals surface area contributed by atoms with Crippen LogP contribution in [0.25, 0.3) is 0 Å². The van der Waals surface area contributed by atoms with Crippen LogP contribution in [-0.4, -0.2) is 24.7 Å². The Balaban J connectivity index is 1.98. The topological polar surface area (TPSA) is 51.5 Å². The van der Waals surface area contributed by atoms with Gasteiger partial charge in [0.05, 0.1) is 17.7 Å². The predicted octanol–water partition coefficient (Wildman–Crippen LogP) is 2.19. The van der Waals surface area contributed by atoms with E-state index in [4.69, 9.17) is 9.15 Å². The number of hydrogen-bond acceptors (Lipinski definition) is 3. The molecular formula is C13H19NO3. The molecule has 94 valence electrons. The highest BCUT2D eigenvalue weighted by Crippen LogP contribution is 2.17. The molecule has 0 saturated carbocycles. The van der Waals surface area contributed by atoms with Gasteiger partial charge in [0.1, 0.15) is 11.5 Å². The Labute approximate surface area is 101 Å². The number of nitrogens with one attached hydrogen (secondary N) is 1. The van der Waals surface area contributed by atoms with Gasteiger partial charge in [0.15, 0.2) is 0 Å². The van der Waals surface area contributed by atoms with E-state index in [0.29, 0.717) is 11.3 Å². The van der Waals surface area contributed by atoms with Crippen molar-refractivity contribution in [3.63, 3.8) is 0 Å². The summed E-state index contributed by atoms with van der Waals surface area (Å²) in [6.07, 6.45) is 2.24. The third-order valence-corrected chi connectivity index (χ3v) is 3.17. The molecule has 1 fully saturated rings. The average Bonchev–Trinajstić information content (AvgIpc) is 2.87. The quantitative estimate of drug-likeness (QED) is 0.876. The molecular weight excluding hydrogens is 218 g/mol. The lowest BCUT2D eigenvalue weighted by molar-refractivity contribution is 0.0711. The molecule has 1 saturated heterocycles. The Hall–Kier alpha value is -1.29. The first-order chi connectivity index (χ1) is 8.08. The van der Waals surface area contributed by atoms with Crippen LogP contribution in [0.4, 0.5) is 0 Å². The van der Waals surface area contributed by atoms with Gasteiger partial charge in [-0.3, -0.25) is 4.79 Å². The third kappa shape index (κ3) is 2.69. The highest BCUT2D eigenvalue weighted by atomic mass is 16.5. The number of furan rings is 1. The van der Waals surface area contributed by atoms with Crippen LogP contribution in [0, 0.1) is 13.8 Å². The fourth-order valence-electron chi connectivity index (χ4n) is 2.23. The molecule has 2 rings (SSSR count). The zero-order chi connectivity index (χ0) is 12.4. The maximum Gasteiger partial charge on any atom is 0.255 e. The minimum Gasteiger partial charge on any atom is -0.466 e. The first-order valence-corrected chi connectivity index (χ1v) is 6.07. The van der Waals surface area contributed by atoms with Gasteiger partial charge in [0.2, 0.25) is 0 Å². The van der Waals surface area contributed by atoms with Crippen molar-refractivity contribution in [2.75, 3.05) is 6.61 Å². The molecule has 1 aliphatic heterocycles. The van der Waals surface area contributed by atoms with Gasteiger partial charge in [0, 0.05) is 6.61 Å².